The van der Waals surface area contributed by atoms with E-state index < -0.39 is 0 Å². The number of hydrogen-bond acceptors (Lipinski definition) is 2. The minimum absolute atomic E-state index is 0.912. The van der Waals surface area contributed by atoms with Crippen LogP contribution in [-0.2, 0) is 6.54 Å². The predicted octanol–water partition coefficient (Wildman–Crippen LogP) is 5.59. The molecule has 0 saturated carbocycles. The van der Waals surface area contributed by atoms with Gasteiger partial charge < -0.3 is 9.64 Å². The Morgan fingerprint density at radius 2 is 1.57 bits per heavy atom. The zero-order chi connectivity index (χ0) is 16.5. The van der Waals surface area contributed by atoms with Crippen LogP contribution < -0.4 is 9.64 Å². The van der Waals surface area contributed by atoms with E-state index in [4.69, 9.17) is 4.74 Å². The fourth-order valence-corrected chi connectivity index (χ4v) is 2.74. The Labute approximate surface area is 141 Å². The first kappa shape index (κ1) is 17.4. The molecule has 0 aromatic heterocycles. The molecule has 0 spiro atoms. The highest BCUT2D eigenvalue weighted by atomic mass is 16.5. The number of rotatable bonds is 9. The zero-order valence-corrected chi connectivity index (χ0v) is 14.7. The second kappa shape index (κ2) is 9.24. The number of unbranched alkanes of at least 4 members (excludes halogenated alkanes) is 3. The van der Waals surface area contributed by atoms with E-state index in [0.29, 0.717) is 0 Å². The molecule has 0 N–H and O–H groups in total. The fraction of sp³-hybridized carbons (Fsp3) is 0.429. The number of aryl methyl sites for hydroxylation is 1. The van der Waals surface area contributed by atoms with Crippen molar-refractivity contribution in [3.8, 4) is 5.75 Å². The number of benzene rings is 2. The minimum atomic E-state index is 0.912. The van der Waals surface area contributed by atoms with Crippen LogP contribution in [-0.4, -0.2) is 13.7 Å². The second-order valence-electron chi connectivity index (χ2n) is 6.17. The maximum absolute atomic E-state index is 5.27. The van der Waals surface area contributed by atoms with Gasteiger partial charge in [0.1, 0.15) is 5.75 Å². The van der Waals surface area contributed by atoms with Crippen molar-refractivity contribution in [3.05, 3.63) is 59.7 Å². The molecule has 0 amide bonds. The lowest BCUT2D eigenvalue weighted by Crippen LogP contribution is -2.23. The van der Waals surface area contributed by atoms with Crippen LogP contribution >= 0.6 is 0 Å². The summed E-state index contributed by atoms with van der Waals surface area (Å²) in [5.74, 6) is 0.912. The van der Waals surface area contributed by atoms with Crippen molar-refractivity contribution in [1.29, 1.82) is 0 Å². The average molecular weight is 311 g/mol. The third kappa shape index (κ3) is 5.63. The Balaban J connectivity index is 2.07. The van der Waals surface area contributed by atoms with Gasteiger partial charge in [-0.05, 0) is 43.2 Å². The summed E-state index contributed by atoms with van der Waals surface area (Å²) in [6, 6.07) is 17.3. The molecule has 23 heavy (non-hydrogen) atoms. The predicted molar refractivity (Wildman–Crippen MR) is 99.4 cm³/mol. The SMILES string of the molecule is CCCCCCN(Cc1ccc(C)cc1)c1ccc(OC)cc1. The van der Waals surface area contributed by atoms with Crippen molar-refractivity contribution >= 4 is 5.69 Å². The molecule has 2 aromatic carbocycles. The van der Waals surface area contributed by atoms with Gasteiger partial charge in [0.25, 0.3) is 0 Å². The lowest BCUT2D eigenvalue weighted by Gasteiger charge is -2.25. The Morgan fingerprint density at radius 3 is 2.17 bits per heavy atom. The second-order valence-corrected chi connectivity index (χ2v) is 6.17. The topological polar surface area (TPSA) is 12.5 Å². The van der Waals surface area contributed by atoms with Crippen LogP contribution in [0.1, 0.15) is 43.7 Å². The average Bonchev–Trinajstić information content (AvgIpc) is 2.59. The van der Waals surface area contributed by atoms with Crippen LogP contribution in [0.5, 0.6) is 5.75 Å². The number of hydrogen-bond donors (Lipinski definition) is 0. The molecular weight excluding hydrogens is 282 g/mol. The van der Waals surface area contributed by atoms with E-state index in [2.05, 4.69) is 55.1 Å². The molecule has 0 radical (unpaired) electrons. The van der Waals surface area contributed by atoms with Crippen molar-refractivity contribution in [3.63, 3.8) is 0 Å². The minimum Gasteiger partial charge on any atom is -0.497 e. The molecule has 2 rings (SSSR count). The summed E-state index contributed by atoms with van der Waals surface area (Å²) in [4.78, 5) is 2.47. The third-order valence-corrected chi connectivity index (χ3v) is 4.21. The molecule has 0 saturated heterocycles. The lowest BCUT2D eigenvalue weighted by atomic mass is 10.1. The smallest absolute Gasteiger partial charge is 0.119 e. The van der Waals surface area contributed by atoms with Gasteiger partial charge in [0.05, 0.1) is 7.11 Å². The standard InChI is InChI=1S/C21H29NO/c1-4-5-6-7-16-22(17-19-10-8-18(2)9-11-19)20-12-14-21(23-3)15-13-20/h8-15H,4-7,16-17H2,1-3H3. The van der Waals surface area contributed by atoms with E-state index in [0.717, 1.165) is 18.8 Å². The van der Waals surface area contributed by atoms with Gasteiger partial charge in [-0.3, -0.25) is 0 Å². The van der Waals surface area contributed by atoms with Crippen molar-refractivity contribution < 1.29 is 4.74 Å². The van der Waals surface area contributed by atoms with E-state index in [9.17, 15) is 0 Å². The third-order valence-electron chi connectivity index (χ3n) is 4.21. The summed E-state index contributed by atoms with van der Waals surface area (Å²) < 4.78 is 5.27. The molecule has 0 atom stereocenters. The van der Waals surface area contributed by atoms with Crippen molar-refractivity contribution in [2.75, 3.05) is 18.6 Å². The normalized spacial score (nSPS) is 10.6. The number of anilines is 1. The van der Waals surface area contributed by atoms with E-state index >= 15 is 0 Å². The highest BCUT2D eigenvalue weighted by molar-refractivity contribution is 5.49. The Hall–Kier alpha value is -1.96. The van der Waals surface area contributed by atoms with Gasteiger partial charge in [0.15, 0.2) is 0 Å². The molecule has 0 fully saturated rings. The van der Waals surface area contributed by atoms with Crippen LogP contribution in [0.2, 0.25) is 0 Å². The zero-order valence-electron chi connectivity index (χ0n) is 14.7. The molecular formula is C21H29NO. The van der Waals surface area contributed by atoms with E-state index in [1.807, 2.05) is 12.1 Å². The summed E-state index contributed by atoms with van der Waals surface area (Å²) in [6.45, 7) is 6.45. The van der Waals surface area contributed by atoms with Gasteiger partial charge in [0, 0.05) is 18.8 Å². The van der Waals surface area contributed by atoms with E-state index in [-0.39, 0.29) is 0 Å². The molecule has 124 valence electrons. The van der Waals surface area contributed by atoms with E-state index in [1.54, 1.807) is 7.11 Å². The molecule has 2 heteroatoms. The first-order chi connectivity index (χ1) is 11.2. The van der Waals surface area contributed by atoms with Crippen molar-refractivity contribution in [2.24, 2.45) is 0 Å². The van der Waals surface area contributed by atoms with Crippen LogP contribution in [0, 0.1) is 6.92 Å². The van der Waals surface area contributed by atoms with Crippen LogP contribution in [0.15, 0.2) is 48.5 Å². The molecule has 0 bridgehead atoms. The molecule has 0 aliphatic rings. The first-order valence-electron chi connectivity index (χ1n) is 8.67. The lowest BCUT2D eigenvalue weighted by molar-refractivity contribution is 0.415. The maximum atomic E-state index is 5.27. The Kier molecular flexibility index (Phi) is 6.99. The van der Waals surface area contributed by atoms with Gasteiger partial charge >= 0.3 is 0 Å². The molecule has 0 heterocycles. The van der Waals surface area contributed by atoms with E-state index in [1.165, 1.54) is 42.5 Å². The summed E-state index contributed by atoms with van der Waals surface area (Å²) in [5, 5.41) is 0. The molecule has 2 aromatic rings. The maximum Gasteiger partial charge on any atom is 0.119 e. The summed E-state index contributed by atoms with van der Waals surface area (Å²) in [6.07, 6.45) is 5.14. The Bertz CT molecular complexity index is 559. The number of ether oxygens (including phenoxy) is 1. The highest BCUT2D eigenvalue weighted by Crippen LogP contribution is 2.22. The Morgan fingerprint density at radius 1 is 0.870 bits per heavy atom. The van der Waals surface area contributed by atoms with Crippen LogP contribution in [0.4, 0.5) is 5.69 Å². The van der Waals surface area contributed by atoms with Crippen molar-refractivity contribution in [2.45, 2.75) is 46.1 Å². The van der Waals surface area contributed by atoms with Crippen LogP contribution in [0.25, 0.3) is 0 Å². The van der Waals surface area contributed by atoms with Gasteiger partial charge in [-0.1, -0.05) is 56.0 Å². The summed E-state index contributed by atoms with van der Waals surface area (Å²) in [7, 11) is 1.71. The van der Waals surface area contributed by atoms with Gasteiger partial charge in [-0.2, -0.15) is 0 Å². The quantitative estimate of drug-likeness (QED) is 0.560. The number of nitrogens with zero attached hydrogens (tertiary/aromatic N) is 1. The highest BCUT2D eigenvalue weighted by Gasteiger charge is 2.08. The van der Waals surface area contributed by atoms with Gasteiger partial charge in [0.2, 0.25) is 0 Å². The van der Waals surface area contributed by atoms with Crippen LogP contribution in [0.3, 0.4) is 0 Å². The van der Waals surface area contributed by atoms with Gasteiger partial charge in [-0.25, -0.2) is 0 Å². The summed E-state index contributed by atoms with van der Waals surface area (Å²) in [5.41, 5.74) is 3.94. The van der Waals surface area contributed by atoms with Crippen molar-refractivity contribution in [1.82, 2.24) is 0 Å². The van der Waals surface area contributed by atoms with Gasteiger partial charge in [-0.15, -0.1) is 0 Å². The molecule has 0 aliphatic heterocycles. The first-order valence-corrected chi connectivity index (χ1v) is 8.67. The molecule has 2 nitrogen and oxygen atoms in total. The molecule has 0 unspecified atom stereocenters. The number of methoxy groups -OCH3 is 1. The summed E-state index contributed by atoms with van der Waals surface area (Å²) >= 11 is 0. The largest absolute Gasteiger partial charge is 0.497 e. The molecule has 0 aliphatic carbocycles. The fourth-order valence-electron chi connectivity index (χ4n) is 2.74. The monoisotopic (exact) mass is 311 g/mol.